The Morgan fingerprint density at radius 3 is 2.59 bits per heavy atom. The van der Waals surface area contributed by atoms with E-state index in [0.717, 1.165) is 23.7 Å². The average Bonchev–Trinajstić information content (AvgIpc) is 2.98. The van der Waals surface area contributed by atoms with Crippen molar-refractivity contribution in [3.8, 4) is 0 Å². The fourth-order valence-corrected chi connectivity index (χ4v) is 2.60. The Labute approximate surface area is 130 Å². The lowest BCUT2D eigenvalue weighted by Gasteiger charge is -2.13. The Hall–Kier alpha value is -2.55. The molecule has 1 atom stereocenters. The van der Waals surface area contributed by atoms with Gasteiger partial charge in [0.15, 0.2) is 0 Å². The standard InChI is InChI=1S/C19H20N2O/c1-14(11-12-15-7-3-2-4-8-15)20-19(22)18-13-16-9-5-6-10-17(16)21-18/h2-10,13-14,21H,11-12H2,1H3,(H,20,22)/t14-/m0/s1. The van der Waals surface area contributed by atoms with E-state index in [4.69, 9.17) is 0 Å². The zero-order chi connectivity index (χ0) is 15.4. The number of amides is 1. The summed E-state index contributed by atoms with van der Waals surface area (Å²) in [5, 5.41) is 4.12. The molecule has 0 saturated heterocycles. The molecule has 1 aromatic heterocycles. The molecular weight excluding hydrogens is 272 g/mol. The molecule has 0 aliphatic heterocycles. The Balaban J connectivity index is 1.58. The molecule has 0 unspecified atom stereocenters. The van der Waals surface area contributed by atoms with Gasteiger partial charge in [0.05, 0.1) is 0 Å². The summed E-state index contributed by atoms with van der Waals surface area (Å²) in [5.41, 5.74) is 2.91. The third kappa shape index (κ3) is 3.37. The van der Waals surface area contributed by atoms with Crippen LogP contribution in [-0.4, -0.2) is 16.9 Å². The van der Waals surface area contributed by atoms with Crippen molar-refractivity contribution < 1.29 is 4.79 Å². The first kappa shape index (κ1) is 14.4. The lowest BCUT2D eigenvalue weighted by Crippen LogP contribution is -2.33. The van der Waals surface area contributed by atoms with Crippen molar-refractivity contribution in [1.29, 1.82) is 0 Å². The summed E-state index contributed by atoms with van der Waals surface area (Å²) >= 11 is 0. The monoisotopic (exact) mass is 292 g/mol. The SMILES string of the molecule is C[C@@H](CCc1ccccc1)NC(=O)c1cc2ccccc2[nH]1. The molecule has 3 rings (SSSR count). The van der Waals surface area contributed by atoms with Crippen LogP contribution in [0.5, 0.6) is 0 Å². The van der Waals surface area contributed by atoms with E-state index in [9.17, 15) is 4.79 Å². The highest BCUT2D eigenvalue weighted by Crippen LogP contribution is 2.14. The third-order valence-corrected chi connectivity index (χ3v) is 3.86. The van der Waals surface area contributed by atoms with Gasteiger partial charge in [-0.1, -0.05) is 48.5 Å². The highest BCUT2D eigenvalue weighted by Gasteiger charge is 2.12. The van der Waals surface area contributed by atoms with E-state index >= 15 is 0 Å². The van der Waals surface area contributed by atoms with Crippen molar-refractivity contribution >= 4 is 16.8 Å². The number of hydrogen-bond donors (Lipinski definition) is 2. The molecular formula is C19H20N2O. The normalized spacial score (nSPS) is 12.2. The first-order valence-electron chi connectivity index (χ1n) is 7.65. The molecule has 0 saturated carbocycles. The van der Waals surface area contributed by atoms with E-state index in [1.807, 2.05) is 55.5 Å². The fraction of sp³-hybridized carbons (Fsp3) is 0.211. The van der Waals surface area contributed by atoms with Gasteiger partial charge in [-0.25, -0.2) is 0 Å². The van der Waals surface area contributed by atoms with E-state index in [-0.39, 0.29) is 11.9 Å². The minimum atomic E-state index is -0.0447. The molecule has 3 nitrogen and oxygen atoms in total. The van der Waals surface area contributed by atoms with Crippen LogP contribution >= 0.6 is 0 Å². The quantitative estimate of drug-likeness (QED) is 0.735. The molecule has 0 bridgehead atoms. The van der Waals surface area contributed by atoms with Gasteiger partial charge in [-0.15, -0.1) is 0 Å². The maximum absolute atomic E-state index is 12.3. The third-order valence-electron chi connectivity index (χ3n) is 3.86. The van der Waals surface area contributed by atoms with Crippen LogP contribution < -0.4 is 5.32 Å². The molecule has 3 heteroatoms. The van der Waals surface area contributed by atoms with Crippen molar-refractivity contribution in [3.05, 3.63) is 71.9 Å². The van der Waals surface area contributed by atoms with Crippen LogP contribution in [0.4, 0.5) is 0 Å². The van der Waals surface area contributed by atoms with Crippen LogP contribution in [0.3, 0.4) is 0 Å². The first-order valence-corrected chi connectivity index (χ1v) is 7.65. The Kier molecular flexibility index (Phi) is 4.24. The largest absolute Gasteiger partial charge is 0.351 e. The molecule has 0 aliphatic rings. The molecule has 1 heterocycles. The number of fused-ring (bicyclic) bond motifs is 1. The number of rotatable bonds is 5. The summed E-state index contributed by atoms with van der Waals surface area (Å²) in [6.07, 6.45) is 1.89. The van der Waals surface area contributed by atoms with Gasteiger partial charge < -0.3 is 10.3 Å². The molecule has 3 aromatic rings. The topological polar surface area (TPSA) is 44.9 Å². The number of carbonyl (C=O) groups excluding carboxylic acids is 1. The minimum absolute atomic E-state index is 0.0447. The molecule has 0 aliphatic carbocycles. The summed E-state index contributed by atoms with van der Waals surface area (Å²) in [6, 6.07) is 20.3. The number of carbonyl (C=O) groups is 1. The Morgan fingerprint density at radius 1 is 1.09 bits per heavy atom. The molecule has 1 amide bonds. The molecule has 22 heavy (non-hydrogen) atoms. The van der Waals surface area contributed by atoms with E-state index in [0.29, 0.717) is 5.69 Å². The van der Waals surface area contributed by atoms with Gasteiger partial charge in [-0.2, -0.15) is 0 Å². The second-order valence-corrected chi connectivity index (χ2v) is 5.67. The molecule has 0 spiro atoms. The number of para-hydroxylation sites is 1. The van der Waals surface area contributed by atoms with Gasteiger partial charge in [0.2, 0.25) is 0 Å². The number of benzene rings is 2. The number of hydrogen-bond acceptors (Lipinski definition) is 1. The van der Waals surface area contributed by atoms with Gasteiger partial charge in [0.1, 0.15) is 5.69 Å². The van der Waals surface area contributed by atoms with Gasteiger partial charge in [0.25, 0.3) is 5.91 Å². The average molecular weight is 292 g/mol. The summed E-state index contributed by atoms with van der Waals surface area (Å²) in [6.45, 7) is 2.05. The number of aryl methyl sites for hydroxylation is 1. The first-order chi connectivity index (χ1) is 10.7. The predicted molar refractivity (Wildman–Crippen MR) is 90.0 cm³/mol. The van der Waals surface area contributed by atoms with Crippen LogP contribution in [-0.2, 0) is 6.42 Å². The molecule has 0 radical (unpaired) electrons. The second-order valence-electron chi connectivity index (χ2n) is 5.67. The van der Waals surface area contributed by atoms with Crippen molar-refractivity contribution in [2.24, 2.45) is 0 Å². The van der Waals surface area contributed by atoms with Crippen LogP contribution in [0.1, 0.15) is 29.4 Å². The highest BCUT2D eigenvalue weighted by molar-refractivity contribution is 5.98. The predicted octanol–water partition coefficient (Wildman–Crippen LogP) is 3.92. The molecule has 0 fully saturated rings. The molecule has 2 N–H and O–H groups in total. The smallest absolute Gasteiger partial charge is 0.267 e. The maximum Gasteiger partial charge on any atom is 0.267 e. The second kappa shape index (κ2) is 6.48. The lowest BCUT2D eigenvalue weighted by atomic mass is 10.1. The fourth-order valence-electron chi connectivity index (χ4n) is 2.60. The maximum atomic E-state index is 12.3. The van der Waals surface area contributed by atoms with Crippen molar-refractivity contribution in [1.82, 2.24) is 10.3 Å². The van der Waals surface area contributed by atoms with Crippen molar-refractivity contribution in [2.45, 2.75) is 25.8 Å². The van der Waals surface area contributed by atoms with Gasteiger partial charge in [0, 0.05) is 16.9 Å². The van der Waals surface area contributed by atoms with E-state index in [1.54, 1.807) is 0 Å². The zero-order valence-electron chi connectivity index (χ0n) is 12.7. The van der Waals surface area contributed by atoms with E-state index in [2.05, 4.69) is 22.4 Å². The number of nitrogens with one attached hydrogen (secondary N) is 2. The van der Waals surface area contributed by atoms with Crippen LogP contribution in [0.2, 0.25) is 0 Å². The Bertz CT molecular complexity index is 728. The van der Waals surface area contributed by atoms with Gasteiger partial charge in [-0.05, 0) is 37.5 Å². The van der Waals surface area contributed by atoms with Crippen LogP contribution in [0.15, 0.2) is 60.7 Å². The summed E-state index contributed by atoms with van der Waals surface area (Å²) in [4.78, 5) is 15.5. The zero-order valence-corrected chi connectivity index (χ0v) is 12.7. The lowest BCUT2D eigenvalue weighted by molar-refractivity contribution is 0.0934. The van der Waals surface area contributed by atoms with Crippen molar-refractivity contribution in [3.63, 3.8) is 0 Å². The number of aromatic amines is 1. The number of H-pyrrole nitrogens is 1. The minimum Gasteiger partial charge on any atom is -0.351 e. The Morgan fingerprint density at radius 2 is 1.82 bits per heavy atom. The van der Waals surface area contributed by atoms with E-state index < -0.39 is 0 Å². The van der Waals surface area contributed by atoms with Crippen LogP contribution in [0, 0.1) is 0 Å². The summed E-state index contributed by atoms with van der Waals surface area (Å²) < 4.78 is 0. The van der Waals surface area contributed by atoms with Gasteiger partial charge in [-0.3, -0.25) is 4.79 Å². The summed E-state index contributed by atoms with van der Waals surface area (Å²) in [7, 11) is 0. The van der Waals surface area contributed by atoms with Crippen LogP contribution in [0.25, 0.3) is 10.9 Å². The number of aromatic nitrogens is 1. The highest BCUT2D eigenvalue weighted by atomic mass is 16.1. The van der Waals surface area contributed by atoms with E-state index in [1.165, 1.54) is 5.56 Å². The van der Waals surface area contributed by atoms with Gasteiger partial charge >= 0.3 is 0 Å². The molecule has 2 aromatic carbocycles. The van der Waals surface area contributed by atoms with Crippen molar-refractivity contribution in [2.75, 3.05) is 0 Å². The molecule has 112 valence electrons. The summed E-state index contributed by atoms with van der Waals surface area (Å²) in [5.74, 6) is -0.0447.